The quantitative estimate of drug-likeness (QED) is 0.0299. The van der Waals surface area contributed by atoms with Crippen LogP contribution < -0.4 is 92.1 Å². The lowest BCUT2D eigenvalue weighted by atomic mass is 9.98. The second-order valence-corrected chi connectivity index (χ2v) is 36.0. The summed E-state index contributed by atoms with van der Waals surface area (Å²) in [5, 5.41) is 36.3. The maximum atomic E-state index is 15.1. The number of sulfonamides is 1. The molecular formula is C82H142N20O17S3. The molecule has 22 N–H and O–H groups in total. The number of unbranched alkanes of at least 4 members (excludes halogenated alkanes) is 6. The number of aromatic amines is 1. The minimum absolute atomic E-state index is 0.00505. The van der Waals surface area contributed by atoms with E-state index in [-0.39, 0.29) is 107 Å². The van der Waals surface area contributed by atoms with Crippen molar-refractivity contribution >= 4 is 129 Å². The number of thiol groups is 2. The number of carbonyl (C=O) groups excluding carboxylic acids is 14. The molecule has 0 aliphatic carbocycles. The van der Waals surface area contributed by atoms with E-state index in [1.165, 1.54) is 6.92 Å². The number of carbonyl (C=O) groups is 14. The highest BCUT2D eigenvalue weighted by molar-refractivity contribution is 7.89. The number of benzene rings is 1. The van der Waals surface area contributed by atoms with Gasteiger partial charge in [0.05, 0.1) is 31.0 Å². The molecule has 2 fully saturated rings. The molecule has 690 valence electrons. The fourth-order valence-corrected chi connectivity index (χ4v) is 16.1. The lowest BCUT2D eigenvalue weighted by Gasteiger charge is -2.31. The minimum atomic E-state index is -4.56. The number of H-pyrrole nitrogens is 1. The van der Waals surface area contributed by atoms with Gasteiger partial charge in [0, 0.05) is 61.2 Å². The molecule has 2 aliphatic rings. The molecule has 2 aliphatic heterocycles. The predicted octanol–water partition coefficient (Wildman–Crippen LogP) is -0.713. The molecule has 40 heteroatoms. The summed E-state index contributed by atoms with van der Waals surface area (Å²) in [7, 11) is -4.56. The van der Waals surface area contributed by atoms with E-state index in [0.717, 1.165) is 15.2 Å². The van der Waals surface area contributed by atoms with Crippen molar-refractivity contribution in [3.63, 3.8) is 0 Å². The van der Waals surface area contributed by atoms with E-state index < -0.39 is 215 Å². The van der Waals surface area contributed by atoms with Crippen LogP contribution in [0.5, 0.6) is 0 Å². The molecule has 0 unspecified atom stereocenters. The highest BCUT2D eigenvalue weighted by Gasteiger charge is 2.40. The van der Waals surface area contributed by atoms with Crippen LogP contribution >= 0.6 is 25.3 Å². The van der Waals surface area contributed by atoms with Crippen molar-refractivity contribution in [1.29, 1.82) is 0 Å². The third-order valence-corrected chi connectivity index (χ3v) is 23.9. The molecule has 0 spiro atoms. The Kier molecular flexibility index (Phi) is 48.6. The van der Waals surface area contributed by atoms with Crippen LogP contribution in [-0.2, 0) is 88.3 Å². The van der Waals surface area contributed by atoms with Crippen LogP contribution in [0.2, 0.25) is 0 Å². The molecule has 13 atom stereocenters. The summed E-state index contributed by atoms with van der Waals surface area (Å²) in [4.78, 5) is 206. The minimum Gasteiger partial charge on any atom is -0.370 e. The van der Waals surface area contributed by atoms with Crippen molar-refractivity contribution in [2.75, 3.05) is 82.8 Å². The number of para-hydroxylation sites is 1. The van der Waals surface area contributed by atoms with Gasteiger partial charge in [0.25, 0.3) is 0 Å². The Morgan fingerprint density at radius 3 is 1.60 bits per heavy atom. The molecule has 3 heterocycles. The zero-order chi connectivity index (χ0) is 90.8. The first-order valence-corrected chi connectivity index (χ1v) is 46.2. The van der Waals surface area contributed by atoms with Crippen molar-refractivity contribution in [3.8, 4) is 0 Å². The number of aromatic nitrogens is 1. The van der Waals surface area contributed by atoms with Crippen LogP contribution in [0, 0.1) is 23.7 Å². The lowest BCUT2D eigenvalue weighted by Crippen LogP contribution is -2.61. The highest BCUT2D eigenvalue weighted by atomic mass is 32.2. The summed E-state index contributed by atoms with van der Waals surface area (Å²) in [5.41, 5.74) is 24.9. The van der Waals surface area contributed by atoms with Crippen LogP contribution in [0.25, 0.3) is 10.9 Å². The maximum absolute atomic E-state index is 15.1. The molecule has 2 saturated heterocycles. The molecule has 2 aromatic rings. The Labute approximate surface area is 730 Å². The number of rotatable bonds is 35. The topological polar surface area (TPSA) is 565 Å². The number of hydrogen-bond acceptors (Lipinski definition) is 23. The first-order chi connectivity index (χ1) is 57.9. The first-order valence-electron chi connectivity index (χ1n) is 43.3. The van der Waals surface area contributed by atoms with Gasteiger partial charge in [-0.05, 0) is 152 Å². The third-order valence-electron chi connectivity index (χ3n) is 21.2. The lowest BCUT2D eigenvalue weighted by molar-refractivity contribution is -0.139. The smallest absolute Gasteiger partial charge is 0.246 e. The molecule has 1 aromatic carbocycles. The van der Waals surface area contributed by atoms with Gasteiger partial charge >= 0.3 is 0 Å². The Hall–Kier alpha value is -8.25. The Morgan fingerprint density at radius 1 is 0.557 bits per heavy atom. The number of nitrogens with zero attached hydrogens (tertiary/aromatic N) is 2. The van der Waals surface area contributed by atoms with Gasteiger partial charge in [-0.1, -0.05) is 113 Å². The van der Waals surface area contributed by atoms with E-state index in [1.807, 2.05) is 58.9 Å². The van der Waals surface area contributed by atoms with E-state index in [0.29, 0.717) is 89.2 Å². The number of amides is 14. The summed E-state index contributed by atoms with van der Waals surface area (Å²) < 4.78 is 36.1. The van der Waals surface area contributed by atoms with Crippen molar-refractivity contribution in [3.05, 3.63) is 36.0 Å². The third kappa shape index (κ3) is 36.9. The number of ether oxygens (including phenoxy) is 1. The Bertz CT molecular complexity index is 3820. The van der Waals surface area contributed by atoms with Crippen molar-refractivity contribution in [2.45, 2.75) is 276 Å². The van der Waals surface area contributed by atoms with Crippen molar-refractivity contribution in [2.24, 2.45) is 46.6 Å². The van der Waals surface area contributed by atoms with Gasteiger partial charge in [0.15, 0.2) is 0 Å². The molecule has 0 radical (unpaired) electrons. The standard InChI is InChI=1S/C82H142N20O17S3/c1-11-12-14-28-61-77(111)99-70(52(8)9)81(115)100-69(51(6)7)80(114)90-53(10)71(105)97-65(42-54-43-89-58-27-17-16-26-56(54)58)82(116)102-37-23-25-55(102)45-119-46-68(104)92-60(31-19-22-34-85)75(109)95-64(41-50(4)5)79(113)94-62(29-15-13-20-32-83)76(110)96-63(40-49(2)3)78(112)93-59(30-18-21-33-84)73(107)88-36-38-101(44-67(103)91-61)122(117,118)39-24-35-87-74(108)66(48-121)98-72(106)57(86)47-120/h16-17,26-27,43,49-53,55,57,59-66,69-70,89,120-121H,11-15,18-25,28-42,44-48,83-86H2,1-10H3,(H,87,108)(H,88,107)(H,90,114)(H,91,103)(H,92,104)(H,93,112)(H,94,113)(H,95,109)(H,96,110)(H,97,105)(H,98,106)(H,99,111)(H,100,115)/t53-,55+,57-,59-,60-,61-,62-,63-,64-,65-,66-,69-,70-/m0/s1. The second kappa shape index (κ2) is 55.9. The average Bonchev–Trinajstić information content (AvgIpc) is 1.63. The van der Waals surface area contributed by atoms with Gasteiger partial charge in [-0.25, -0.2) is 8.42 Å². The molecule has 122 heavy (non-hydrogen) atoms. The monoisotopic (exact) mass is 1780 g/mol. The highest BCUT2D eigenvalue weighted by Crippen LogP contribution is 2.25. The first kappa shape index (κ1) is 106. The Balaban J connectivity index is 1.85. The van der Waals surface area contributed by atoms with Gasteiger partial charge in [0.2, 0.25) is 92.7 Å². The van der Waals surface area contributed by atoms with Crippen LogP contribution in [0.15, 0.2) is 30.5 Å². The number of nitrogens with two attached hydrogens (primary N) is 4. The largest absolute Gasteiger partial charge is 0.370 e. The molecule has 1 aromatic heterocycles. The molecule has 14 amide bonds. The van der Waals surface area contributed by atoms with E-state index in [4.69, 9.17) is 27.7 Å². The summed E-state index contributed by atoms with van der Waals surface area (Å²) in [6.45, 7) is 15.4. The summed E-state index contributed by atoms with van der Waals surface area (Å²) in [5.74, 6) is -13.1. The SMILES string of the molecule is CCCCC[C@@H]1NC(=O)CN(S(=O)(=O)CCCNC(=O)[C@H](CS)NC(=O)[C@@H](N)CS)CCNC(=O)[C@H](CCCCN)NC(=O)[C@H](CC(C)C)NC(=O)[C@H](CCCCCN)NC(=O)[C@H](CC(C)C)NC(=O)[C@H](CCCCN)NC(=O)COC[C@H]2CCCN2C(=O)[C@H](Cc2c[nH]c3ccccc23)NC(=O)[C@H](C)NC(=O)[C@H](C(C)C)NC(=O)[C@H](C(C)C)NC1=O. The molecule has 0 saturated carbocycles. The molecule has 0 bridgehead atoms. The normalized spacial score (nSPS) is 23.8. The second-order valence-electron chi connectivity index (χ2n) is 33.2. The predicted molar refractivity (Wildman–Crippen MR) is 472 cm³/mol. The van der Waals surface area contributed by atoms with Gasteiger partial charge in [-0.2, -0.15) is 29.6 Å². The van der Waals surface area contributed by atoms with E-state index in [9.17, 15) is 70.7 Å². The number of nitrogens with one attached hydrogen (secondary N) is 14. The van der Waals surface area contributed by atoms with E-state index in [1.54, 1.807) is 38.8 Å². The van der Waals surface area contributed by atoms with Gasteiger partial charge in [-0.15, -0.1) is 0 Å². The fraction of sp³-hybridized carbons (Fsp3) is 0.732. The molecular weight excluding hydrogens is 1630 g/mol. The van der Waals surface area contributed by atoms with Crippen molar-refractivity contribution < 1.29 is 80.3 Å². The van der Waals surface area contributed by atoms with Crippen LogP contribution in [0.3, 0.4) is 0 Å². The van der Waals surface area contributed by atoms with E-state index in [2.05, 4.69) is 99.4 Å². The maximum Gasteiger partial charge on any atom is 0.246 e. The molecule has 4 rings (SSSR count). The van der Waals surface area contributed by atoms with Crippen LogP contribution in [-0.4, -0.2) is 267 Å². The molecule has 37 nitrogen and oxygen atoms in total. The summed E-state index contributed by atoms with van der Waals surface area (Å²) in [6.07, 6.45) is 7.53. The van der Waals surface area contributed by atoms with Crippen molar-refractivity contribution in [1.82, 2.24) is 83.3 Å². The average molecular weight is 1780 g/mol. The zero-order valence-electron chi connectivity index (χ0n) is 73.0. The van der Waals surface area contributed by atoms with Gasteiger partial charge < -0.3 is 107 Å². The Morgan fingerprint density at radius 2 is 1.05 bits per heavy atom. The van der Waals surface area contributed by atoms with Gasteiger partial charge in [-0.3, -0.25) is 67.1 Å². The number of hydrogen-bond donors (Lipinski definition) is 20. The van der Waals surface area contributed by atoms with Crippen LogP contribution in [0.1, 0.15) is 197 Å². The summed E-state index contributed by atoms with van der Waals surface area (Å²) >= 11 is 8.22. The fourth-order valence-electron chi connectivity index (χ4n) is 14.2. The van der Waals surface area contributed by atoms with Crippen LogP contribution in [0.4, 0.5) is 0 Å². The summed E-state index contributed by atoms with van der Waals surface area (Å²) in [6, 6.07) is -8.38. The van der Waals surface area contributed by atoms with Gasteiger partial charge in [0.1, 0.15) is 73.1 Å². The van der Waals surface area contributed by atoms with E-state index >= 15 is 4.79 Å². The number of fused-ring (bicyclic) bond motifs is 2. The zero-order valence-corrected chi connectivity index (χ0v) is 75.6.